The van der Waals surface area contributed by atoms with Gasteiger partial charge in [-0.3, -0.25) is 0 Å². The summed E-state index contributed by atoms with van der Waals surface area (Å²) in [7, 11) is 0. The lowest BCUT2D eigenvalue weighted by Gasteiger charge is -1.91. The van der Waals surface area contributed by atoms with Gasteiger partial charge in [-0.25, -0.2) is 0 Å². The Hall–Kier alpha value is -1.16. The largest absolute Gasteiger partial charge is 0.319 e. The van der Waals surface area contributed by atoms with E-state index in [-0.39, 0.29) is 0 Å². The summed E-state index contributed by atoms with van der Waals surface area (Å²) >= 11 is 0. The highest BCUT2D eigenvalue weighted by atomic mass is 14.8. The Morgan fingerprint density at radius 3 is 2.78 bits per heavy atom. The first kappa shape index (κ1) is 7.84. The maximum absolute atomic E-state index is 4.98. The number of hydrogen-bond donors (Lipinski definition) is 1. The molecular weight excluding hydrogens is 110 g/mol. The second kappa shape index (κ2) is 4.99. The monoisotopic (exact) mass is 121 g/mol. The van der Waals surface area contributed by atoms with Gasteiger partial charge in [0.1, 0.15) is 0 Å². The number of allylic oxidation sites excluding steroid dienone is 4. The summed E-state index contributed by atoms with van der Waals surface area (Å²) in [6.45, 7) is 3.87. The molecular formula is C8H11N. The van der Waals surface area contributed by atoms with Crippen LogP contribution >= 0.6 is 0 Å². The van der Waals surface area contributed by atoms with Crippen LogP contribution in [-0.4, -0.2) is 0 Å². The quantitative estimate of drug-likeness (QED) is 0.333. The van der Waals surface area contributed by atoms with Gasteiger partial charge in [0.05, 0.1) is 0 Å². The summed E-state index contributed by atoms with van der Waals surface area (Å²) in [5.74, 6) is 0. The molecule has 0 saturated carbocycles. The predicted molar refractivity (Wildman–Crippen MR) is 40.5 cm³/mol. The molecule has 1 nitrogen and oxygen atoms in total. The first-order valence-electron chi connectivity index (χ1n) is 2.82. The third kappa shape index (κ3) is 4.70. The van der Waals surface area contributed by atoms with Crippen LogP contribution in [0.15, 0.2) is 23.9 Å². The minimum absolute atomic E-state index is 0.982. The van der Waals surface area contributed by atoms with Crippen molar-refractivity contribution in [3.8, 4) is 12.5 Å². The van der Waals surface area contributed by atoms with Gasteiger partial charge in [-0.05, 0) is 19.9 Å². The van der Waals surface area contributed by atoms with Crippen LogP contribution in [0.2, 0.25) is 0 Å². The van der Waals surface area contributed by atoms with E-state index in [1.807, 2.05) is 32.1 Å². The lowest BCUT2D eigenvalue weighted by atomic mass is 10.4. The van der Waals surface area contributed by atoms with Crippen LogP contribution in [0.25, 0.3) is 0 Å². The third-order valence-corrected chi connectivity index (χ3v) is 0.808. The fraction of sp³-hybridized carbons (Fsp3) is 0.250. The second-order valence-corrected chi connectivity index (χ2v) is 1.64. The molecule has 0 aromatic rings. The molecule has 0 heterocycles. The summed E-state index contributed by atoms with van der Waals surface area (Å²) in [6.07, 6.45) is 10.8. The van der Waals surface area contributed by atoms with Gasteiger partial charge in [0, 0.05) is 11.7 Å². The van der Waals surface area contributed by atoms with Crippen molar-refractivity contribution in [3.05, 3.63) is 23.9 Å². The van der Waals surface area contributed by atoms with E-state index in [1.54, 1.807) is 0 Å². The molecule has 1 N–H and O–H groups in total. The Kier molecular flexibility index (Phi) is 4.34. The van der Waals surface area contributed by atoms with Crippen LogP contribution in [0, 0.1) is 12.5 Å². The van der Waals surface area contributed by atoms with E-state index in [1.165, 1.54) is 0 Å². The number of rotatable bonds is 2. The van der Waals surface area contributed by atoms with Gasteiger partial charge in [0.25, 0.3) is 0 Å². The van der Waals surface area contributed by atoms with E-state index in [0.717, 1.165) is 5.70 Å². The van der Waals surface area contributed by atoms with Gasteiger partial charge in [0.15, 0.2) is 0 Å². The summed E-state index contributed by atoms with van der Waals surface area (Å²) in [5, 5.41) is 2.72. The van der Waals surface area contributed by atoms with E-state index in [0.29, 0.717) is 0 Å². The van der Waals surface area contributed by atoms with E-state index < -0.39 is 0 Å². The lowest BCUT2D eigenvalue weighted by molar-refractivity contribution is 1.10. The van der Waals surface area contributed by atoms with Crippen LogP contribution in [-0.2, 0) is 0 Å². The molecule has 0 aromatic carbocycles. The van der Waals surface area contributed by atoms with Crippen molar-refractivity contribution in [2.75, 3.05) is 0 Å². The molecule has 0 aromatic heterocycles. The molecule has 0 fully saturated rings. The highest BCUT2D eigenvalue weighted by molar-refractivity contribution is 5.11. The Labute approximate surface area is 56.5 Å². The average Bonchev–Trinajstić information content (AvgIpc) is 1.85. The number of terminal acetylenes is 1. The molecule has 0 aliphatic carbocycles. The van der Waals surface area contributed by atoms with Crippen molar-refractivity contribution in [2.24, 2.45) is 0 Å². The Bertz CT molecular complexity index is 158. The number of nitrogens with one attached hydrogen (secondary N) is 1. The van der Waals surface area contributed by atoms with E-state index in [9.17, 15) is 0 Å². The lowest BCUT2D eigenvalue weighted by Crippen LogP contribution is -1.99. The Morgan fingerprint density at radius 1 is 1.67 bits per heavy atom. The van der Waals surface area contributed by atoms with Gasteiger partial charge >= 0.3 is 0 Å². The molecule has 48 valence electrons. The topological polar surface area (TPSA) is 12.0 Å². The molecule has 0 aliphatic heterocycles. The highest BCUT2D eigenvalue weighted by Crippen LogP contribution is 1.84. The molecule has 0 atom stereocenters. The van der Waals surface area contributed by atoms with Gasteiger partial charge in [-0.15, -0.1) is 0 Å². The van der Waals surface area contributed by atoms with E-state index in [4.69, 9.17) is 6.42 Å². The summed E-state index contributed by atoms with van der Waals surface area (Å²) < 4.78 is 0. The SMILES string of the molecule is C#CN/C(C)=C\C=C/C. The standard InChI is InChI=1S/C8H11N/c1-4-6-7-8(3)9-5-2/h2,4,6-7,9H,1,3H3/b6-4-,8-7-. The van der Waals surface area contributed by atoms with Gasteiger partial charge in [0.2, 0.25) is 0 Å². The summed E-state index contributed by atoms with van der Waals surface area (Å²) in [6, 6.07) is 2.32. The minimum atomic E-state index is 0.982. The molecule has 0 saturated heterocycles. The predicted octanol–water partition coefficient (Wildman–Crippen LogP) is 1.65. The van der Waals surface area contributed by atoms with Crippen molar-refractivity contribution in [1.82, 2.24) is 5.32 Å². The highest BCUT2D eigenvalue weighted by Gasteiger charge is 1.75. The van der Waals surface area contributed by atoms with Crippen molar-refractivity contribution in [2.45, 2.75) is 13.8 Å². The van der Waals surface area contributed by atoms with Crippen LogP contribution in [0.1, 0.15) is 13.8 Å². The normalized spacial score (nSPS) is 11.4. The molecule has 0 bridgehead atoms. The van der Waals surface area contributed by atoms with E-state index in [2.05, 4.69) is 11.4 Å². The maximum Gasteiger partial charge on any atom is 0.0198 e. The first-order chi connectivity index (χ1) is 4.31. The van der Waals surface area contributed by atoms with Crippen LogP contribution < -0.4 is 5.32 Å². The smallest absolute Gasteiger partial charge is 0.0198 e. The molecule has 0 unspecified atom stereocenters. The molecule has 9 heavy (non-hydrogen) atoms. The number of hydrogen-bond acceptors (Lipinski definition) is 1. The van der Waals surface area contributed by atoms with Crippen molar-refractivity contribution < 1.29 is 0 Å². The summed E-state index contributed by atoms with van der Waals surface area (Å²) in [4.78, 5) is 0. The van der Waals surface area contributed by atoms with E-state index >= 15 is 0 Å². The maximum atomic E-state index is 4.98. The van der Waals surface area contributed by atoms with Crippen LogP contribution in [0.5, 0.6) is 0 Å². The van der Waals surface area contributed by atoms with Gasteiger partial charge in [-0.2, -0.15) is 0 Å². The Morgan fingerprint density at radius 2 is 2.33 bits per heavy atom. The third-order valence-electron chi connectivity index (χ3n) is 0.808. The van der Waals surface area contributed by atoms with Gasteiger partial charge in [-0.1, -0.05) is 18.6 Å². The minimum Gasteiger partial charge on any atom is -0.319 e. The molecule has 1 heteroatoms. The molecule has 0 aliphatic rings. The van der Waals surface area contributed by atoms with Crippen molar-refractivity contribution in [1.29, 1.82) is 0 Å². The van der Waals surface area contributed by atoms with Crippen LogP contribution in [0.4, 0.5) is 0 Å². The summed E-state index contributed by atoms with van der Waals surface area (Å²) in [5.41, 5.74) is 0.982. The van der Waals surface area contributed by atoms with Crippen molar-refractivity contribution in [3.63, 3.8) is 0 Å². The molecule has 0 spiro atoms. The zero-order valence-corrected chi connectivity index (χ0v) is 5.81. The second-order valence-electron chi connectivity index (χ2n) is 1.64. The average molecular weight is 121 g/mol. The van der Waals surface area contributed by atoms with Crippen LogP contribution in [0.3, 0.4) is 0 Å². The fourth-order valence-electron chi connectivity index (χ4n) is 0.396. The zero-order valence-electron chi connectivity index (χ0n) is 5.81. The zero-order chi connectivity index (χ0) is 7.11. The molecule has 0 radical (unpaired) electrons. The van der Waals surface area contributed by atoms with Crippen molar-refractivity contribution >= 4 is 0 Å². The molecule has 0 rings (SSSR count). The fourth-order valence-corrected chi connectivity index (χ4v) is 0.396. The molecule has 0 amide bonds. The van der Waals surface area contributed by atoms with Gasteiger partial charge < -0.3 is 5.32 Å². The first-order valence-corrected chi connectivity index (χ1v) is 2.82. The Balaban J connectivity index is 3.72.